The zero-order chi connectivity index (χ0) is 18.6. The van der Waals surface area contributed by atoms with E-state index in [9.17, 15) is 9.59 Å². The highest BCUT2D eigenvalue weighted by Crippen LogP contribution is 2.25. The number of nitrogens with zero attached hydrogens (tertiary/aromatic N) is 3. The topological polar surface area (TPSA) is 72.4 Å². The third-order valence-corrected chi connectivity index (χ3v) is 5.62. The Hall–Kier alpha value is -1.63. The number of carbonyl (C=O) groups is 2. The molecular formula is C18H27N3O3S. The van der Waals surface area contributed by atoms with Crippen molar-refractivity contribution in [2.75, 3.05) is 19.7 Å². The maximum absolute atomic E-state index is 12.7. The predicted molar refractivity (Wildman–Crippen MR) is 97.5 cm³/mol. The van der Waals surface area contributed by atoms with Crippen LogP contribution in [-0.4, -0.2) is 51.7 Å². The Morgan fingerprint density at radius 2 is 1.76 bits per heavy atom. The number of ether oxygens (including phenoxy) is 1. The number of likely N-dealkylation sites (tertiary alicyclic amines) is 1. The lowest BCUT2D eigenvalue weighted by Crippen LogP contribution is -2.43. The second-order valence-corrected chi connectivity index (χ2v) is 7.72. The summed E-state index contributed by atoms with van der Waals surface area (Å²) in [5, 5.41) is 0.392. The number of piperidine rings is 1. The van der Waals surface area contributed by atoms with Crippen LogP contribution in [0.25, 0.3) is 0 Å². The van der Waals surface area contributed by atoms with Crippen LogP contribution >= 0.6 is 11.8 Å². The third kappa shape index (κ3) is 4.93. The fourth-order valence-electron chi connectivity index (χ4n) is 2.86. The first-order valence-electron chi connectivity index (χ1n) is 8.77. The van der Waals surface area contributed by atoms with Crippen molar-refractivity contribution in [2.45, 2.75) is 57.9 Å². The van der Waals surface area contributed by atoms with Crippen molar-refractivity contribution in [3.05, 3.63) is 17.0 Å². The lowest BCUT2D eigenvalue weighted by molar-refractivity contribution is -0.151. The summed E-state index contributed by atoms with van der Waals surface area (Å²) in [6.07, 6.45) is 1.34. The van der Waals surface area contributed by atoms with E-state index in [4.69, 9.17) is 4.74 Å². The lowest BCUT2D eigenvalue weighted by atomic mass is 9.97. The van der Waals surface area contributed by atoms with E-state index in [0.717, 1.165) is 17.0 Å². The van der Waals surface area contributed by atoms with Gasteiger partial charge < -0.3 is 9.64 Å². The Kier molecular flexibility index (Phi) is 6.81. The Morgan fingerprint density at radius 1 is 1.20 bits per heavy atom. The number of aromatic nitrogens is 2. The van der Waals surface area contributed by atoms with Gasteiger partial charge in [0.25, 0.3) is 0 Å². The first-order valence-corrected chi connectivity index (χ1v) is 9.65. The van der Waals surface area contributed by atoms with Crippen LogP contribution in [0.3, 0.4) is 0 Å². The van der Waals surface area contributed by atoms with Gasteiger partial charge in [0.2, 0.25) is 5.91 Å². The van der Waals surface area contributed by atoms with E-state index >= 15 is 0 Å². The summed E-state index contributed by atoms with van der Waals surface area (Å²) in [4.78, 5) is 35.3. The Balaban J connectivity index is 1.92. The summed E-state index contributed by atoms with van der Waals surface area (Å²) in [5.74, 6) is -0.152. The molecule has 0 saturated carbocycles. The van der Waals surface area contributed by atoms with Gasteiger partial charge in [0.05, 0.1) is 17.8 Å². The number of aryl methyl sites for hydroxylation is 2. The third-order valence-electron chi connectivity index (χ3n) is 4.67. The van der Waals surface area contributed by atoms with Crippen molar-refractivity contribution < 1.29 is 14.3 Å². The van der Waals surface area contributed by atoms with Crippen LogP contribution in [0.5, 0.6) is 0 Å². The minimum Gasteiger partial charge on any atom is -0.466 e. The minimum absolute atomic E-state index is 0.0757. The summed E-state index contributed by atoms with van der Waals surface area (Å²) >= 11 is 1.39. The van der Waals surface area contributed by atoms with Crippen molar-refractivity contribution in [1.29, 1.82) is 0 Å². The standard InChI is InChI=1S/C18H27N3O3S/c1-6-24-17(23)15-7-9-21(10-8-15)16(22)14(5)25-18-19-12(3)11(2)13(4)20-18/h14-15H,6-10H2,1-5H3/t14-/m1/s1. The molecule has 6 nitrogen and oxygen atoms in total. The van der Waals surface area contributed by atoms with Crippen LogP contribution in [0.4, 0.5) is 0 Å². The van der Waals surface area contributed by atoms with E-state index in [1.165, 1.54) is 11.8 Å². The van der Waals surface area contributed by atoms with Gasteiger partial charge in [-0.3, -0.25) is 9.59 Å². The van der Waals surface area contributed by atoms with E-state index in [0.29, 0.717) is 37.7 Å². The molecule has 1 saturated heterocycles. The summed E-state index contributed by atoms with van der Waals surface area (Å²) in [6.45, 7) is 11.2. The van der Waals surface area contributed by atoms with E-state index in [1.807, 2.05) is 39.5 Å². The molecule has 0 bridgehead atoms. The molecule has 2 heterocycles. The molecule has 0 spiro atoms. The maximum atomic E-state index is 12.7. The van der Waals surface area contributed by atoms with Crippen LogP contribution in [-0.2, 0) is 14.3 Å². The Labute approximate surface area is 153 Å². The number of amides is 1. The van der Waals surface area contributed by atoms with E-state index < -0.39 is 0 Å². The van der Waals surface area contributed by atoms with Crippen molar-refractivity contribution >= 4 is 23.6 Å². The molecule has 1 aromatic heterocycles. The second kappa shape index (κ2) is 8.65. The molecule has 25 heavy (non-hydrogen) atoms. The van der Waals surface area contributed by atoms with Gasteiger partial charge in [0, 0.05) is 24.5 Å². The smallest absolute Gasteiger partial charge is 0.309 e. The number of esters is 1. The van der Waals surface area contributed by atoms with Gasteiger partial charge in [-0.05, 0) is 53.0 Å². The Morgan fingerprint density at radius 3 is 2.28 bits per heavy atom. The van der Waals surface area contributed by atoms with Gasteiger partial charge in [-0.15, -0.1) is 0 Å². The van der Waals surface area contributed by atoms with Crippen molar-refractivity contribution in [3.63, 3.8) is 0 Å². The van der Waals surface area contributed by atoms with Gasteiger partial charge in [0.1, 0.15) is 0 Å². The molecule has 1 aliphatic rings. The van der Waals surface area contributed by atoms with Crippen molar-refractivity contribution in [2.24, 2.45) is 5.92 Å². The predicted octanol–water partition coefficient (Wildman–Crippen LogP) is 2.68. The monoisotopic (exact) mass is 365 g/mol. The molecule has 1 fully saturated rings. The highest BCUT2D eigenvalue weighted by atomic mass is 32.2. The van der Waals surface area contributed by atoms with Crippen molar-refractivity contribution in [3.8, 4) is 0 Å². The average Bonchev–Trinajstić information content (AvgIpc) is 2.59. The maximum Gasteiger partial charge on any atom is 0.309 e. The molecule has 1 amide bonds. The number of thioether (sulfide) groups is 1. The highest BCUT2D eigenvalue weighted by Gasteiger charge is 2.30. The van der Waals surface area contributed by atoms with E-state index in [-0.39, 0.29) is 23.0 Å². The molecule has 7 heteroatoms. The molecule has 0 radical (unpaired) electrons. The largest absolute Gasteiger partial charge is 0.466 e. The van der Waals surface area contributed by atoms with Crippen LogP contribution in [0.1, 0.15) is 43.6 Å². The molecule has 0 unspecified atom stereocenters. The summed E-state index contributed by atoms with van der Waals surface area (Å²) in [5.41, 5.74) is 2.99. The minimum atomic E-state index is -0.249. The second-order valence-electron chi connectivity index (χ2n) is 6.41. The normalized spacial score (nSPS) is 16.6. The Bertz CT molecular complexity index is 619. The summed E-state index contributed by atoms with van der Waals surface area (Å²) < 4.78 is 5.07. The van der Waals surface area contributed by atoms with Crippen molar-refractivity contribution in [1.82, 2.24) is 14.9 Å². The summed E-state index contributed by atoms with van der Waals surface area (Å²) in [6, 6.07) is 0. The van der Waals surface area contributed by atoms with Gasteiger partial charge in [0.15, 0.2) is 5.16 Å². The fraction of sp³-hybridized carbons (Fsp3) is 0.667. The van der Waals surface area contributed by atoms with Gasteiger partial charge in [-0.1, -0.05) is 11.8 Å². The summed E-state index contributed by atoms with van der Waals surface area (Å²) in [7, 11) is 0. The van der Waals surface area contributed by atoms with Crippen LogP contribution in [0.2, 0.25) is 0 Å². The number of hydrogen-bond acceptors (Lipinski definition) is 6. The van der Waals surface area contributed by atoms with Crippen LogP contribution in [0, 0.1) is 26.7 Å². The zero-order valence-electron chi connectivity index (χ0n) is 15.7. The van der Waals surface area contributed by atoms with Crippen LogP contribution in [0.15, 0.2) is 5.16 Å². The number of rotatable bonds is 5. The number of carbonyl (C=O) groups excluding carboxylic acids is 2. The highest BCUT2D eigenvalue weighted by molar-refractivity contribution is 8.00. The molecule has 1 aromatic rings. The first kappa shape index (κ1) is 19.7. The molecule has 2 rings (SSSR count). The number of hydrogen-bond donors (Lipinski definition) is 0. The molecule has 1 aliphatic heterocycles. The van der Waals surface area contributed by atoms with Gasteiger partial charge in [-0.2, -0.15) is 0 Å². The lowest BCUT2D eigenvalue weighted by Gasteiger charge is -2.32. The van der Waals surface area contributed by atoms with E-state index in [1.54, 1.807) is 0 Å². The average molecular weight is 365 g/mol. The molecule has 0 N–H and O–H groups in total. The quantitative estimate of drug-likeness (QED) is 0.454. The van der Waals surface area contributed by atoms with E-state index in [2.05, 4.69) is 9.97 Å². The molecule has 138 valence electrons. The van der Waals surface area contributed by atoms with Crippen LogP contribution < -0.4 is 0 Å². The molecular weight excluding hydrogens is 338 g/mol. The van der Waals surface area contributed by atoms with Gasteiger partial charge in [-0.25, -0.2) is 9.97 Å². The SMILES string of the molecule is CCOC(=O)C1CCN(C(=O)[C@@H](C)Sc2nc(C)c(C)c(C)n2)CC1. The molecule has 1 atom stereocenters. The van der Waals surface area contributed by atoms with Gasteiger partial charge >= 0.3 is 5.97 Å². The molecule has 0 aromatic carbocycles. The first-order chi connectivity index (χ1) is 11.8. The molecule has 0 aliphatic carbocycles. The zero-order valence-corrected chi connectivity index (χ0v) is 16.5. The fourth-order valence-corrected chi connectivity index (χ4v) is 3.80.